The van der Waals surface area contributed by atoms with Crippen molar-refractivity contribution < 1.29 is 23.5 Å². The highest BCUT2D eigenvalue weighted by atomic mass is 19.1. The summed E-state index contributed by atoms with van der Waals surface area (Å²) in [6, 6.07) is 9.34. The first-order chi connectivity index (χ1) is 16.3. The van der Waals surface area contributed by atoms with Gasteiger partial charge >= 0.3 is 0 Å². The van der Waals surface area contributed by atoms with Crippen LogP contribution >= 0.6 is 0 Å². The molecule has 176 valence electrons. The van der Waals surface area contributed by atoms with Crippen molar-refractivity contribution in [3.63, 3.8) is 0 Å². The van der Waals surface area contributed by atoms with Crippen LogP contribution in [-0.4, -0.2) is 34.1 Å². The summed E-state index contributed by atoms with van der Waals surface area (Å²) in [5.41, 5.74) is 2.19. The van der Waals surface area contributed by atoms with Crippen LogP contribution in [0.25, 0.3) is 11.1 Å². The summed E-state index contributed by atoms with van der Waals surface area (Å²) in [7, 11) is 0. The fourth-order valence-electron chi connectivity index (χ4n) is 4.06. The molecule has 0 spiro atoms. The van der Waals surface area contributed by atoms with Crippen LogP contribution in [0.1, 0.15) is 52.0 Å². The molecule has 0 radical (unpaired) electrons. The molecule has 0 unspecified atom stereocenters. The van der Waals surface area contributed by atoms with Gasteiger partial charge in [-0.25, -0.2) is 8.78 Å². The number of carbonyl (C=O) groups is 2. The van der Waals surface area contributed by atoms with Crippen molar-refractivity contribution in [1.82, 2.24) is 10.3 Å². The molecule has 3 aromatic rings. The number of hydrogen-bond acceptors (Lipinski definition) is 4. The fraction of sp³-hybridized carbons (Fsp3) is 0.269. The van der Waals surface area contributed by atoms with E-state index >= 15 is 0 Å². The number of nitrogens with zero attached hydrogens (tertiary/aromatic N) is 1. The van der Waals surface area contributed by atoms with Crippen LogP contribution in [0.15, 0.2) is 54.9 Å². The average Bonchev–Trinajstić information content (AvgIpc) is 2.82. The van der Waals surface area contributed by atoms with Crippen molar-refractivity contribution in [3.8, 4) is 11.1 Å². The monoisotopic (exact) mass is 465 g/mol. The lowest BCUT2D eigenvalue weighted by Crippen LogP contribution is -2.45. The van der Waals surface area contributed by atoms with Crippen molar-refractivity contribution in [2.45, 2.75) is 44.8 Å². The Kier molecular flexibility index (Phi) is 6.98. The number of rotatable bonds is 5. The molecule has 1 fully saturated rings. The standard InChI is InChI=1S/C26H25F2N3O3/c1-15-6-7-16(25(33)30-22-4-2-3-5-24(22)32)11-23(15)31-26(34)18-10-17(13-29-14-18)20-9-8-19(27)12-21(20)28/h6-14,22,24,32H,2-5H2,1H3,(H,30,33)(H,31,34)/t22-,24-/m0/s1. The highest BCUT2D eigenvalue weighted by Crippen LogP contribution is 2.25. The zero-order valence-corrected chi connectivity index (χ0v) is 18.6. The molecule has 2 aromatic carbocycles. The van der Waals surface area contributed by atoms with Crippen LogP contribution in [0.3, 0.4) is 0 Å². The molecule has 2 amide bonds. The molecule has 6 nitrogen and oxygen atoms in total. The predicted octanol–water partition coefficient (Wildman–Crippen LogP) is 4.62. The number of anilines is 1. The van der Waals surface area contributed by atoms with Crippen LogP contribution < -0.4 is 10.6 Å². The smallest absolute Gasteiger partial charge is 0.257 e. The number of nitrogens with one attached hydrogen (secondary N) is 2. The summed E-state index contributed by atoms with van der Waals surface area (Å²) >= 11 is 0. The lowest BCUT2D eigenvalue weighted by molar-refractivity contribution is 0.0717. The lowest BCUT2D eigenvalue weighted by Gasteiger charge is -2.28. The van der Waals surface area contributed by atoms with Gasteiger partial charge < -0.3 is 15.7 Å². The van der Waals surface area contributed by atoms with Crippen LogP contribution in [0, 0.1) is 18.6 Å². The number of aliphatic hydroxyl groups excluding tert-OH is 1. The Bertz CT molecular complexity index is 1230. The molecular weight excluding hydrogens is 440 g/mol. The first-order valence-corrected chi connectivity index (χ1v) is 11.1. The fourth-order valence-corrected chi connectivity index (χ4v) is 4.06. The Balaban J connectivity index is 1.51. The third kappa shape index (κ3) is 5.28. The summed E-state index contributed by atoms with van der Waals surface area (Å²) in [4.78, 5) is 29.6. The largest absolute Gasteiger partial charge is 0.391 e. The molecule has 2 atom stereocenters. The van der Waals surface area contributed by atoms with Crippen LogP contribution in [0.2, 0.25) is 0 Å². The van der Waals surface area contributed by atoms with E-state index < -0.39 is 23.6 Å². The quantitative estimate of drug-likeness (QED) is 0.513. The summed E-state index contributed by atoms with van der Waals surface area (Å²) in [6.45, 7) is 1.80. The predicted molar refractivity (Wildman–Crippen MR) is 124 cm³/mol. The van der Waals surface area contributed by atoms with Gasteiger partial charge in [-0.1, -0.05) is 18.9 Å². The molecule has 0 aliphatic heterocycles. The Morgan fingerprint density at radius 1 is 0.971 bits per heavy atom. The van der Waals surface area contributed by atoms with Gasteiger partial charge in [-0.2, -0.15) is 0 Å². The van der Waals surface area contributed by atoms with E-state index in [1.807, 2.05) is 0 Å². The SMILES string of the molecule is Cc1ccc(C(=O)N[C@H]2CCCC[C@@H]2O)cc1NC(=O)c1cncc(-c2ccc(F)cc2F)c1. The van der Waals surface area contributed by atoms with Crippen molar-refractivity contribution in [2.24, 2.45) is 0 Å². The Hall–Kier alpha value is -3.65. The number of pyridine rings is 1. The number of aliphatic hydroxyl groups is 1. The molecule has 8 heteroatoms. The first-order valence-electron chi connectivity index (χ1n) is 11.1. The van der Waals surface area contributed by atoms with Gasteiger partial charge in [0.1, 0.15) is 11.6 Å². The van der Waals surface area contributed by atoms with Crippen molar-refractivity contribution >= 4 is 17.5 Å². The molecule has 0 bridgehead atoms. The van der Waals surface area contributed by atoms with E-state index in [-0.39, 0.29) is 23.1 Å². The highest BCUT2D eigenvalue weighted by molar-refractivity contribution is 6.06. The van der Waals surface area contributed by atoms with E-state index in [0.29, 0.717) is 23.2 Å². The molecule has 1 aliphatic carbocycles. The minimum absolute atomic E-state index is 0.128. The van der Waals surface area contributed by atoms with Gasteiger partial charge in [-0.3, -0.25) is 14.6 Å². The second-order valence-electron chi connectivity index (χ2n) is 8.50. The third-order valence-corrected chi connectivity index (χ3v) is 6.04. The molecule has 1 aliphatic rings. The maximum Gasteiger partial charge on any atom is 0.257 e. The van der Waals surface area contributed by atoms with Crippen molar-refractivity contribution in [2.75, 3.05) is 5.32 Å². The molecule has 3 N–H and O–H groups in total. The van der Waals surface area contributed by atoms with Crippen LogP contribution in [0.4, 0.5) is 14.5 Å². The maximum absolute atomic E-state index is 14.2. The van der Waals surface area contributed by atoms with Crippen LogP contribution in [0.5, 0.6) is 0 Å². The summed E-state index contributed by atoms with van der Waals surface area (Å²) in [5, 5.41) is 15.8. The van der Waals surface area contributed by atoms with Crippen LogP contribution in [-0.2, 0) is 0 Å². The van der Waals surface area contributed by atoms with Crippen molar-refractivity contribution in [1.29, 1.82) is 0 Å². The van der Waals surface area contributed by atoms with Gasteiger partial charge in [0.05, 0.1) is 17.7 Å². The highest BCUT2D eigenvalue weighted by Gasteiger charge is 2.25. The summed E-state index contributed by atoms with van der Waals surface area (Å²) in [6.07, 6.45) is 5.45. The van der Waals surface area contributed by atoms with Crippen molar-refractivity contribution in [3.05, 3.63) is 83.2 Å². The number of aryl methyl sites for hydroxylation is 1. The topological polar surface area (TPSA) is 91.3 Å². The van der Waals surface area contributed by atoms with Gasteiger partial charge in [-0.15, -0.1) is 0 Å². The molecule has 0 saturated heterocycles. The molecule has 1 heterocycles. The molecule has 34 heavy (non-hydrogen) atoms. The summed E-state index contributed by atoms with van der Waals surface area (Å²) in [5.74, 6) is -2.25. The van der Waals surface area contributed by atoms with Gasteiger partial charge in [0, 0.05) is 40.8 Å². The van der Waals surface area contributed by atoms with E-state index in [1.54, 1.807) is 25.1 Å². The summed E-state index contributed by atoms with van der Waals surface area (Å²) < 4.78 is 27.4. The number of benzene rings is 2. The second kappa shape index (κ2) is 10.1. The molecule has 4 rings (SSSR count). The van der Waals surface area contributed by atoms with Gasteiger partial charge in [-0.05, 0) is 55.7 Å². The molecule has 1 aromatic heterocycles. The number of carbonyl (C=O) groups excluding carboxylic acids is 2. The Morgan fingerprint density at radius 3 is 2.53 bits per heavy atom. The number of aromatic nitrogens is 1. The minimum Gasteiger partial charge on any atom is -0.391 e. The average molecular weight is 466 g/mol. The minimum atomic E-state index is -0.753. The Morgan fingerprint density at radius 2 is 1.76 bits per heavy atom. The zero-order valence-electron chi connectivity index (χ0n) is 18.6. The number of amides is 2. The molecule has 1 saturated carbocycles. The lowest BCUT2D eigenvalue weighted by atomic mass is 9.92. The normalized spacial score (nSPS) is 17.8. The van der Waals surface area contributed by atoms with E-state index in [9.17, 15) is 23.5 Å². The van der Waals surface area contributed by atoms with Gasteiger partial charge in [0.2, 0.25) is 0 Å². The third-order valence-electron chi connectivity index (χ3n) is 6.04. The number of halogens is 2. The van der Waals surface area contributed by atoms with E-state index in [2.05, 4.69) is 15.6 Å². The van der Waals surface area contributed by atoms with E-state index in [0.717, 1.165) is 37.0 Å². The Labute approximate surface area is 196 Å². The molecular formula is C26H25F2N3O3. The van der Waals surface area contributed by atoms with Gasteiger partial charge in [0.25, 0.3) is 11.8 Å². The second-order valence-corrected chi connectivity index (χ2v) is 8.50. The van der Waals surface area contributed by atoms with E-state index in [1.165, 1.54) is 24.5 Å². The number of hydrogen-bond donors (Lipinski definition) is 3. The van der Waals surface area contributed by atoms with E-state index in [4.69, 9.17) is 0 Å². The first kappa shape index (κ1) is 23.5. The maximum atomic E-state index is 14.2. The van der Waals surface area contributed by atoms with Gasteiger partial charge in [0.15, 0.2) is 0 Å². The zero-order chi connectivity index (χ0) is 24.2.